The fourth-order valence-electron chi connectivity index (χ4n) is 5.30. The van der Waals surface area contributed by atoms with Gasteiger partial charge in [0.1, 0.15) is 17.8 Å². The molecule has 0 bridgehead atoms. The lowest BCUT2D eigenvalue weighted by Gasteiger charge is -2.38. The lowest BCUT2D eigenvalue weighted by atomic mass is 9.69. The molecule has 4 rings (SSSR count). The van der Waals surface area contributed by atoms with Gasteiger partial charge in [-0.25, -0.2) is 4.79 Å². The SMILES string of the molecule is COC(=O)[C@@H]1C(=O)C2=C(C[C@@H]1C)NC(C)=C(C(=O)OC1CCCC1)[C@@H]2c1ccc(OC)cc1. The number of ether oxygens (including phenoxy) is 3. The minimum atomic E-state index is -0.901. The monoisotopic (exact) mass is 453 g/mol. The van der Waals surface area contributed by atoms with E-state index in [1.807, 2.05) is 26.0 Å². The van der Waals surface area contributed by atoms with Gasteiger partial charge in [-0.1, -0.05) is 19.1 Å². The van der Waals surface area contributed by atoms with Gasteiger partial charge < -0.3 is 19.5 Å². The molecule has 2 aliphatic carbocycles. The number of allylic oxidation sites excluding steroid dienone is 3. The van der Waals surface area contributed by atoms with Crippen molar-refractivity contribution in [3.8, 4) is 5.75 Å². The number of ketones is 1. The van der Waals surface area contributed by atoms with Crippen molar-refractivity contribution in [3.63, 3.8) is 0 Å². The van der Waals surface area contributed by atoms with Crippen LogP contribution in [0.2, 0.25) is 0 Å². The highest BCUT2D eigenvalue weighted by atomic mass is 16.5. The number of carbonyl (C=O) groups excluding carboxylic acids is 3. The van der Waals surface area contributed by atoms with E-state index in [1.165, 1.54) is 7.11 Å². The summed E-state index contributed by atoms with van der Waals surface area (Å²) in [6.45, 7) is 3.71. The number of methoxy groups -OCH3 is 2. The largest absolute Gasteiger partial charge is 0.497 e. The van der Waals surface area contributed by atoms with Crippen LogP contribution in [-0.4, -0.2) is 38.0 Å². The molecule has 1 fully saturated rings. The van der Waals surface area contributed by atoms with Crippen molar-refractivity contribution in [3.05, 3.63) is 52.4 Å². The molecule has 3 atom stereocenters. The number of esters is 2. The van der Waals surface area contributed by atoms with E-state index in [9.17, 15) is 14.4 Å². The highest BCUT2D eigenvalue weighted by molar-refractivity contribution is 6.12. The van der Waals surface area contributed by atoms with Crippen LogP contribution in [0.1, 0.15) is 57.4 Å². The normalized spacial score (nSPS) is 25.5. The fraction of sp³-hybridized carbons (Fsp3) is 0.500. The maximum Gasteiger partial charge on any atom is 0.337 e. The molecular weight excluding hydrogens is 422 g/mol. The third-order valence-electron chi connectivity index (χ3n) is 6.99. The van der Waals surface area contributed by atoms with Crippen LogP contribution in [0.5, 0.6) is 5.75 Å². The van der Waals surface area contributed by atoms with Crippen molar-refractivity contribution in [1.29, 1.82) is 0 Å². The number of nitrogens with one attached hydrogen (secondary N) is 1. The Labute approximate surface area is 194 Å². The Morgan fingerprint density at radius 1 is 1.06 bits per heavy atom. The molecule has 0 amide bonds. The zero-order valence-corrected chi connectivity index (χ0v) is 19.6. The molecule has 3 aliphatic rings. The molecule has 0 aromatic heterocycles. The molecule has 1 aromatic rings. The highest BCUT2D eigenvalue weighted by Crippen LogP contribution is 2.46. The molecule has 7 nitrogen and oxygen atoms in total. The summed E-state index contributed by atoms with van der Waals surface area (Å²) >= 11 is 0. The van der Waals surface area contributed by atoms with Gasteiger partial charge in [-0.2, -0.15) is 0 Å². The van der Waals surface area contributed by atoms with E-state index in [0.717, 1.165) is 36.9 Å². The van der Waals surface area contributed by atoms with Crippen LogP contribution in [0.25, 0.3) is 0 Å². The second-order valence-electron chi connectivity index (χ2n) is 9.12. The summed E-state index contributed by atoms with van der Waals surface area (Å²) in [5, 5.41) is 3.30. The molecule has 7 heteroatoms. The Bertz CT molecular complexity index is 1020. The summed E-state index contributed by atoms with van der Waals surface area (Å²) in [5.41, 5.74) is 3.06. The summed E-state index contributed by atoms with van der Waals surface area (Å²) in [5.74, 6) is -2.34. The van der Waals surface area contributed by atoms with Crippen molar-refractivity contribution < 1.29 is 28.6 Å². The molecule has 0 radical (unpaired) electrons. The summed E-state index contributed by atoms with van der Waals surface area (Å²) in [4.78, 5) is 39.6. The third-order valence-corrected chi connectivity index (χ3v) is 6.99. The molecule has 1 aliphatic heterocycles. The van der Waals surface area contributed by atoms with Crippen molar-refractivity contribution in [2.75, 3.05) is 14.2 Å². The van der Waals surface area contributed by atoms with E-state index in [2.05, 4.69) is 5.32 Å². The van der Waals surface area contributed by atoms with Crippen LogP contribution in [0.3, 0.4) is 0 Å². The first-order chi connectivity index (χ1) is 15.8. The molecule has 33 heavy (non-hydrogen) atoms. The number of hydrogen-bond acceptors (Lipinski definition) is 7. The lowest BCUT2D eigenvalue weighted by molar-refractivity contribution is -0.151. The molecular formula is C26H31NO6. The van der Waals surface area contributed by atoms with Crippen LogP contribution in [0.4, 0.5) is 0 Å². The van der Waals surface area contributed by atoms with Crippen LogP contribution >= 0.6 is 0 Å². The molecule has 0 spiro atoms. The first-order valence-electron chi connectivity index (χ1n) is 11.5. The molecule has 1 heterocycles. The molecule has 0 unspecified atom stereocenters. The van der Waals surface area contributed by atoms with Gasteiger partial charge in [0.05, 0.1) is 19.8 Å². The average molecular weight is 454 g/mol. The van der Waals surface area contributed by atoms with Gasteiger partial charge in [-0.05, 0) is 62.6 Å². The number of Topliss-reactive ketones (excluding diaryl/α,β-unsaturated/α-hetero) is 1. The quantitative estimate of drug-likeness (QED) is 0.536. The van der Waals surface area contributed by atoms with E-state index < -0.39 is 23.8 Å². The van der Waals surface area contributed by atoms with Gasteiger partial charge in [-0.3, -0.25) is 9.59 Å². The summed E-state index contributed by atoms with van der Waals surface area (Å²) in [6.07, 6.45) is 4.21. The standard InChI is InChI=1S/C26H31NO6/c1-14-13-19-23(24(28)20(14)25(29)32-4)22(16-9-11-17(31-3)12-10-16)21(15(2)27-19)26(30)33-18-7-5-6-8-18/h9-12,14,18,20,22,27H,5-8,13H2,1-4H3/t14-,20-,22-/m0/s1. The van der Waals surface area contributed by atoms with Crippen molar-refractivity contribution in [2.24, 2.45) is 11.8 Å². The number of carbonyl (C=O) groups is 3. The van der Waals surface area contributed by atoms with Gasteiger partial charge in [0, 0.05) is 22.9 Å². The van der Waals surface area contributed by atoms with E-state index in [0.29, 0.717) is 29.0 Å². The molecule has 1 N–H and O–H groups in total. The third kappa shape index (κ3) is 4.28. The second kappa shape index (κ2) is 9.41. The van der Waals surface area contributed by atoms with E-state index in [4.69, 9.17) is 14.2 Å². The summed E-state index contributed by atoms with van der Waals surface area (Å²) < 4.78 is 16.1. The summed E-state index contributed by atoms with van der Waals surface area (Å²) in [7, 11) is 2.88. The Hall–Kier alpha value is -3.09. The lowest BCUT2D eigenvalue weighted by Crippen LogP contribution is -2.43. The van der Waals surface area contributed by atoms with Crippen LogP contribution in [0, 0.1) is 11.8 Å². The first-order valence-corrected chi connectivity index (χ1v) is 11.5. The fourth-order valence-corrected chi connectivity index (χ4v) is 5.30. The Balaban J connectivity index is 1.79. The molecule has 176 valence electrons. The topological polar surface area (TPSA) is 90.9 Å². The van der Waals surface area contributed by atoms with Gasteiger partial charge in [0.2, 0.25) is 0 Å². The predicted octanol–water partition coefficient (Wildman–Crippen LogP) is 3.79. The van der Waals surface area contributed by atoms with Gasteiger partial charge >= 0.3 is 11.9 Å². The number of rotatable bonds is 5. The molecule has 0 saturated heterocycles. The number of dihydropyridines is 1. The number of benzene rings is 1. The minimum absolute atomic E-state index is 0.102. The molecule has 1 saturated carbocycles. The highest BCUT2D eigenvalue weighted by Gasteiger charge is 2.47. The predicted molar refractivity (Wildman–Crippen MR) is 121 cm³/mol. The van der Waals surface area contributed by atoms with Crippen LogP contribution in [-0.2, 0) is 23.9 Å². The van der Waals surface area contributed by atoms with E-state index >= 15 is 0 Å². The Morgan fingerprint density at radius 2 is 1.73 bits per heavy atom. The number of hydrogen-bond donors (Lipinski definition) is 1. The van der Waals surface area contributed by atoms with Crippen molar-refractivity contribution in [2.45, 2.75) is 58.0 Å². The zero-order chi connectivity index (χ0) is 23.7. The maximum atomic E-state index is 13.7. The average Bonchev–Trinajstić information content (AvgIpc) is 3.30. The maximum absolute atomic E-state index is 13.7. The Morgan fingerprint density at radius 3 is 2.33 bits per heavy atom. The second-order valence-corrected chi connectivity index (χ2v) is 9.12. The first kappa shape index (κ1) is 23.1. The van der Waals surface area contributed by atoms with Crippen LogP contribution < -0.4 is 10.1 Å². The van der Waals surface area contributed by atoms with Crippen LogP contribution in [0.15, 0.2) is 46.8 Å². The van der Waals surface area contributed by atoms with E-state index in [1.54, 1.807) is 19.2 Å². The molecule has 1 aromatic carbocycles. The van der Waals surface area contributed by atoms with Crippen molar-refractivity contribution >= 4 is 17.7 Å². The van der Waals surface area contributed by atoms with Crippen molar-refractivity contribution in [1.82, 2.24) is 5.32 Å². The van der Waals surface area contributed by atoms with Gasteiger partial charge in [0.15, 0.2) is 5.78 Å². The smallest absolute Gasteiger partial charge is 0.337 e. The minimum Gasteiger partial charge on any atom is -0.497 e. The van der Waals surface area contributed by atoms with Gasteiger partial charge in [0.25, 0.3) is 0 Å². The Kier molecular flexibility index (Phi) is 6.58. The zero-order valence-electron chi connectivity index (χ0n) is 19.6. The van der Waals surface area contributed by atoms with E-state index in [-0.39, 0.29) is 17.8 Å². The van der Waals surface area contributed by atoms with Gasteiger partial charge in [-0.15, -0.1) is 0 Å². The summed E-state index contributed by atoms with van der Waals surface area (Å²) in [6, 6.07) is 7.32.